The number of phenols is 1. The third kappa shape index (κ3) is 5.75. The summed E-state index contributed by atoms with van der Waals surface area (Å²) in [5.41, 5.74) is 0. The molecule has 0 heterocycles. The largest absolute Gasteiger partial charge is 0.652 e. The van der Waals surface area contributed by atoms with Crippen LogP contribution in [0, 0.1) is 5.82 Å². The van der Waals surface area contributed by atoms with E-state index in [2.05, 4.69) is 0 Å². The first-order chi connectivity index (χ1) is 5.93. The van der Waals surface area contributed by atoms with Gasteiger partial charge in [-0.15, -0.1) is 0 Å². The van der Waals surface area contributed by atoms with E-state index in [0.29, 0.717) is 0 Å². The number of halogens is 2. The summed E-state index contributed by atoms with van der Waals surface area (Å²) in [6.07, 6.45) is -2.33. The number of phenolic OH excluding ortho intramolecular Hbond substituents is 1. The van der Waals surface area contributed by atoms with Gasteiger partial charge < -0.3 is 20.1 Å². The summed E-state index contributed by atoms with van der Waals surface area (Å²) in [4.78, 5) is 8.33. The average Bonchev–Trinajstić information content (AvgIpc) is 1.96. The SMILES string of the molecule is O=C([O-])[O-].Oc1ccc(F)cc1Cl. The standard InChI is InChI=1S/C6H4ClFO.CH2O3/c7-5-3-4(8)1-2-6(5)9;2-1(3)4/h1-3,9H;(H2,2,3,4)/p-2. The molecular weight excluding hydrogens is 203 g/mol. The number of carbonyl (C=O) groups is 1. The van der Waals surface area contributed by atoms with Crippen LogP contribution in [0.1, 0.15) is 0 Å². The molecule has 4 nitrogen and oxygen atoms in total. The van der Waals surface area contributed by atoms with E-state index < -0.39 is 12.0 Å². The summed E-state index contributed by atoms with van der Waals surface area (Å²) in [6, 6.07) is 3.40. The van der Waals surface area contributed by atoms with E-state index in [9.17, 15) is 4.39 Å². The van der Waals surface area contributed by atoms with Crippen molar-refractivity contribution in [1.82, 2.24) is 0 Å². The number of aromatic hydroxyl groups is 1. The number of carbonyl (C=O) groups excluding carboxylic acids is 1. The zero-order valence-electron chi connectivity index (χ0n) is 6.16. The fourth-order valence-electron chi connectivity index (χ4n) is 0.481. The lowest BCUT2D eigenvalue weighted by molar-refractivity contribution is -0.415. The highest BCUT2D eigenvalue weighted by atomic mass is 35.5. The maximum atomic E-state index is 12.2. The van der Waals surface area contributed by atoms with Crippen LogP contribution in [0.2, 0.25) is 5.02 Å². The van der Waals surface area contributed by atoms with Crippen LogP contribution >= 0.6 is 11.6 Å². The molecule has 0 spiro atoms. The fourth-order valence-corrected chi connectivity index (χ4v) is 0.648. The molecule has 0 bridgehead atoms. The number of carboxylic acid groups (broad SMARTS) is 2. The molecule has 0 aliphatic carbocycles. The van der Waals surface area contributed by atoms with Crippen LogP contribution in [0.4, 0.5) is 9.18 Å². The molecule has 1 aromatic rings. The van der Waals surface area contributed by atoms with E-state index in [0.717, 1.165) is 12.1 Å². The molecule has 1 N–H and O–H groups in total. The van der Waals surface area contributed by atoms with Crippen molar-refractivity contribution < 1.29 is 24.5 Å². The minimum absolute atomic E-state index is 0.0370. The van der Waals surface area contributed by atoms with Gasteiger partial charge in [0.15, 0.2) is 0 Å². The Labute approximate surface area is 77.8 Å². The van der Waals surface area contributed by atoms with Crippen LogP contribution in [-0.2, 0) is 0 Å². The Morgan fingerprint density at radius 3 is 2.23 bits per heavy atom. The van der Waals surface area contributed by atoms with E-state index in [-0.39, 0.29) is 10.8 Å². The van der Waals surface area contributed by atoms with Crippen molar-refractivity contribution in [3.63, 3.8) is 0 Å². The predicted octanol–water partition coefficient (Wildman–Crippen LogP) is -0.262. The van der Waals surface area contributed by atoms with Crippen LogP contribution in [0.15, 0.2) is 18.2 Å². The Balaban J connectivity index is 0.000000310. The van der Waals surface area contributed by atoms with Crippen molar-refractivity contribution in [3.8, 4) is 5.75 Å². The molecular formula is C7H4ClFO4-2. The Morgan fingerprint density at radius 1 is 1.46 bits per heavy atom. The van der Waals surface area contributed by atoms with Crippen LogP contribution in [0.3, 0.4) is 0 Å². The summed E-state index contributed by atoms with van der Waals surface area (Å²) >= 11 is 5.32. The second kappa shape index (κ2) is 5.21. The lowest BCUT2D eigenvalue weighted by Gasteiger charge is -1.96. The lowest BCUT2D eigenvalue weighted by Crippen LogP contribution is -2.37. The molecule has 13 heavy (non-hydrogen) atoms. The zero-order chi connectivity index (χ0) is 10.4. The summed E-state index contributed by atoms with van der Waals surface area (Å²) < 4.78 is 12.2. The van der Waals surface area contributed by atoms with Crippen molar-refractivity contribution in [2.45, 2.75) is 0 Å². The molecule has 0 aliphatic heterocycles. The van der Waals surface area contributed by atoms with E-state index in [4.69, 9.17) is 31.7 Å². The smallest absolute Gasteiger partial charge is 0.134 e. The van der Waals surface area contributed by atoms with E-state index in [1.54, 1.807) is 0 Å². The van der Waals surface area contributed by atoms with E-state index in [1.807, 2.05) is 0 Å². The third-order valence-electron chi connectivity index (χ3n) is 0.910. The Hall–Kier alpha value is -1.49. The molecule has 1 rings (SSSR count). The molecule has 1 aromatic carbocycles. The maximum absolute atomic E-state index is 12.2. The summed E-state index contributed by atoms with van der Waals surface area (Å²) in [5, 5.41) is 25.4. The summed E-state index contributed by atoms with van der Waals surface area (Å²) in [6.45, 7) is 0. The van der Waals surface area contributed by atoms with E-state index >= 15 is 0 Å². The van der Waals surface area contributed by atoms with Gasteiger partial charge in [0.05, 0.1) is 5.02 Å². The minimum atomic E-state index is -2.33. The Kier molecular flexibility index (Phi) is 4.61. The Morgan fingerprint density at radius 2 is 1.92 bits per heavy atom. The fraction of sp³-hybridized carbons (Fsp3) is 0. The van der Waals surface area contributed by atoms with Crippen molar-refractivity contribution in [2.75, 3.05) is 0 Å². The van der Waals surface area contributed by atoms with Gasteiger partial charge in [-0.3, -0.25) is 0 Å². The van der Waals surface area contributed by atoms with Gasteiger partial charge in [0, 0.05) is 0 Å². The molecule has 72 valence electrons. The number of rotatable bonds is 0. The predicted molar refractivity (Wildman–Crippen MR) is 38.5 cm³/mol. The molecule has 0 saturated carbocycles. The number of hydrogen-bond donors (Lipinski definition) is 1. The Bertz CT molecular complexity index is 299. The number of benzene rings is 1. The summed E-state index contributed by atoms with van der Waals surface area (Å²) in [7, 11) is 0. The van der Waals surface area contributed by atoms with Gasteiger partial charge in [-0.1, -0.05) is 11.6 Å². The van der Waals surface area contributed by atoms with Gasteiger partial charge in [0.1, 0.15) is 11.6 Å². The lowest BCUT2D eigenvalue weighted by atomic mass is 10.3. The molecule has 0 fully saturated rings. The quantitative estimate of drug-likeness (QED) is 0.634. The van der Waals surface area contributed by atoms with Gasteiger partial charge in [-0.05, 0) is 24.4 Å². The number of hydrogen-bond acceptors (Lipinski definition) is 4. The first-order valence-electron chi connectivity index (χ1n) is 2.95. The minimum Gasteiger partial charge on any atom is -0.652 e. The molecule has 0 aliphatic rings. The highest BCUT2D eigenvalue weighted by molar-refractivity contribution is 6.31. The topological polar surface area (TPSA) is 83.4 Å². The van der Waals surface area contributed by atoms with Crippen LogP contribution in [0.25, 0.3) is 0 Å². The molecule has 0 atom stereocenters. The highest BCUT2D eigenvalue weighted by Gasteiger charge is 1.96. The zero-order valence-corrected chi connectivity index (χ0v) is 6.92. The van der Waals surface area contributed by atoms with Crippen LogP contribution in [-0.4, -0.2) is 11.3 Å². The van der Waals surface area contributed by atoms with Gasteiger partial charge in [-0.2, -0.15) is 0 Å². The first-order valence-corrected chi connectivity index (χ1v) is 3.33. The van der Waals surface area contributed by atoms with Gasteiger partial charge in [-0.25, -0.2) is 4.39 Å². The van der Waals surface area contributed by atoms with E-state index in [1.165, 1.54) is 6.07 Å². The van der Waals surface area contributed by atoms with Gasteiger partial charge in [0.25, 0.3) is 0 Å². The molecule has 0 amide bonds. The van der Waals surface area contributed by atoms with Gasteiger partial charge in [0.2, 0.25) is 0 Å². The molecule has 0 aromatic heterocycles. The highest BCUT2D eigenvalue weighted by Crippen LogP contribution is 2.22. The van der Waals surface area contributed by atoms with Crippen molar-refractivity contribution >= 4 is 17.8 Å². The first kappa shape index (κ1) is 11.5. The molecule has 0 saturated heterocycles. The van der Waals surface area contributed by atoms with Crippen LogP contribution < -0.4 is 10.2 Å². The monoisotopic (exact) mass is 206 g/mol. The molecule has 6 heteroatoms. The third-order valence-corrected chi connectivity index (χ3v) is 1.21. The second-order valence-electron chi connectivity index (χ2n) is 1.85. The van der Waals surface area contributed by atoms with Crippen molar-refractivity contribution in [2.24, 2.45) is 0 Å². The summed E-state index contributed by atoms with van der Waals surface area (Å²) in [5.74, 6) is -0.545. The average molecular weight is 207 g/mol. The molecule has 0 unspecified atom stereocenters. The normalized spacial score (nSPS) is 8.46. The maximum Gasteiger partial charge on any atom is 0.134 e. The van der Waals surface area contributed by atoms with Crippen LogP contribution in [0.5, 0.6) is 5.75 Å². The molecule has 0 radical (unpaired) electrons. The van der Waals surface area contributed by atoms with Gasteiger partial charge >= 0.3 is 0 Å². The van der Waals surface area contributed by atoms with Crippen molar-refractivity contribution in [3.05, 3.63) is 29.0 Å². The van der Waals surface area contributed by atoms with Crippen molar-refractivity contribution in [1.29, 1.82) is 0 Å². The second-order valence-corrected chi connectivity index (χ2v) is 2.25.